The lowest BCUT2D eigenvalue weighted by Gasteiger charge is -2.38. The summed E-state index contributed by atoms with van der Waals surface area (Å²) < 4.78 is 16.6. The van der Waals surface area contributed by atoms with Gasteiger partial charge in [0.15, 0.2) is 11.5 Å². The molecule has 0 radical (unpaired) electrons. The van der Waals surface area contributed by atoms with Crippen LogP contribution < -0.4 is 9.47 Å². The van der Waals surface area contributed by atoms with Gasteiger partial charge in [0.05, 0.1) is 13.7 Å². The number of halogens is 1. The number of hydrogen-bond donors (Lipinski definition) is 1. The van der Waals surface area contributed by atoms with Crippen molar-refractivity contribution in [2.75, 3.05) is 46.4 Å². The molecule has 2 saturated heterocycles. The Hall–Kier alpha value is -1.70. The number of hydrogen-bond acceptors (Lipinski definition) is 6. The van der Waals surface area contributed by atoms with Crippen molar-refractivity contribution in [2.45, 2.75) is 31.5 Å². The number of ether oxygens (including phenoxy) is 3. The number of methoxy groups -OCH3 is 1. The first-order chi connectivity index (χ1) is 12.5. The minimum atomic E-state index is -0.591. The molecule has 1 spiro atoms. The Morgan fingerprint density at radius 2 is 1.93 bits per heavy atom. The second-order valence-corrected chi connectivity index (χ2v) is 6.98. The molecule has 1 unspecified atom stereocenters. The van der Waals surface area contributed by atoms with E-state index in [-0.39, 0.29) is 30.7 Å². The summed E-state index contributed by atoms with van der Waals surface area (Å²) in [4.78, 5) is 15.8. The Kier molecular flexibility index (Phi) is 7.59. The molecule has 3 rings (SSSR count). The third kappa shape index (κ3) is 5.18. The van der Waals surface area contributed by atoms with Crippen molar-refractivity contribution >= 4 is 18.5 Å². The van der Waals surface area contributed by atoms with Crippen molar-refractivity contribution in [3.05, 3.63) is 24.3 Å². The van der Waals surface area contributed by atoms with Crippen molar-refractivity contribution in [2.24, 2.45) is 0 Å². The number of rotatable bonds is 7. The summed E-state index contributed by atoms with van der Waals surface area (Å²) in [5.41, 5.74) is -0.345. The number of nitrogens with zero attached hydrogens (tertiary/aromatic N) is 2. The summed E-state index contributed by atoms with van der Waals surface area (Å²) in [6, 6.07) is 7.40. The van der Waals surface area contributed by atoms with Crippen LogP contribution in [0.3, 0.4) is 0 Å². The molecule has 1 N–H and O–H groups in total. The minimum Gasteiger partial charge on any atom is -0.493 e. The molecule has 2 aliphatic rings. The lowest BCUT2D eigenvalue weighted by molar-refractivity contribution is -0.0145. The molecule has 2 aliphatic heterocycles. The molecule has 1 aromatic carbocycles. The molecule has 0 bridgehead atoms. The average molecular weight is 401 g/mol. The van der Waals surface area contributed by atoms with Gasteiger partial charge in [-0.05, 0) is 19.1 Å². The van der Waals surface area contributed by atoms with Gasteiger partial charge in [0.2, 0.25) is 0 Å². The molecule has 27 heavy (non-hydrogen) atoms. The normalized spacial score (nSPS) is 20.1. The van der Waals surface area contributed by atoms with Crippen LogP contribution in [0.2, 0.25) is 0 Å². The fourth-order valence-corrected chi connectivity index (χ4v) is 3.61. The SMILES string of the molecule is CCN1CC2(CCN(CC(O)COc3ccccc3OC)CC2)OC1=O.Cl. The highest BCUT2D eigenvalue weighted by Gasteiger charge is 2.46. The van der Waals surface area contributed by atoms with Gasteiger partial charge in [-0.25, -0.2) is 4.79 Å². The van der Waals surface area contributed by atoms with E-state index in [1.54, 1.807) is 12.0 Å². The average Bonchev–Trinajstić information content (AvgIpc) is 2.97. The summed E-state index contributed by atoms with van der Waals surface area (Å²) in [5.74, 6) is 1.28. The summed E-state index contributed by atoms with van der Waals surface area (Å²) >= 11 is 0. The Morgan fingerprint density at radius 3 is 2.52 bits per heavy atom. The predicted octanol–water partition coefficient (Wildman–Crippen LogP) is 2.16. The Bertz CT molecular complexity index is 622. The highest BCUT2D eigenvalue weighted by atomic mass is 35.5. The molecule has 1 amide bonds. The summed E-state index contributed by atoms with van der Waals surface area (Å²) in [6.45, 7) is 5.68. The van der Waals surface area contributed by atoms with Gasteiger partial charge in [-0.3, -0.25) is 0 Å². The molecule has 0 aromatic heterocycles. The van der Waals surface area contributed by atoms with Crippen LogP contribution in [0.25, 0.3) is 0 Å². The molecular weight excluding hydrogens is 372 g/mol. The van der Waals surface area contributed by atoms with Crippen LogP contribution in [-0.4, -0.2) is 79.1 Å². The van der Waals surface area contributed by atoms with E-state index in [0.717, 1.165) is 25.9 Å². The van der Waals surface area contributed by atoms with Gasteiger partial charge in [-0.2, -0.15) is 0 Å². The first kappa shape index (κ1) is 21.6. The smallest absolute Gasteiger partial charge is 0.410 e. The van der Waals surface area contributed by atoms with Crippen molar-refractivity contribution in [1.29, 1.82) is 0 Å². The highest BCUT2D eigenvalue weighted by Crippen LogP contribution is 2.33. The fraction of sp³-hybridized carbons (Fsp3) is 0.632. The number of aliphatic hydroxyl groups excluding tert-OH is 1. The second-order valence-electron chi connectivity index (χ2n) is 6.98. The number of aliphatic hydroxyl groups is 1. The standard InChI is InChI=1S/C19H28N2O5.ClH/c1-3-21-14-19(26-18(21)23)8-10-20(11-9-19)12-15(22)13-25-17-7-5-4-6-16(17)24-2;/h4-7,15,22H,3,8-14H2,1-2H3;1H. The van der Waals surface area contributed by atoms with Gasteiger partial charge in [0.25, 0.3) is 0 Å². The predicted molar refractivity (Wildman–Crippen MR) is 104 cm³/mol. The number of β-amino-alcohol motifs (C(OH)–C–C–N with tert-alkyl or cyclic N) is 1. The molecule has 8 heteroatoms. The van der Waals surface area contributed by atoms with Crippen molar-refractivity contribution in [3.63, 3.8) is 0 Å². The van der Waals surface area contributed by atoms with Crippen LogP contribution >= 0.6 is 12.4 Å². The largest absolute Gasteiger partial charge is 0.493 e. The molecule has 152 valence electrons. The third-order valence-corrected chi connectivity index (χ3v) is 5.16. The number of likely N-dealkylation sites (tertiary alicyclic amines) is 1. The van der Waals surface area contributed by atoms with Crippen LogP contribution in [0.15, 0.2) is 24.3 Å². The van der Waals surface area contributed by atoms with E-state index in [2.05, 4.69) is 4.90 Å². The first-order valence-corrected chi connectivity index (χ1v) is 9.19. The van der Waals surface area contributed by atoms with Crippen LogP contribution in [-0.2, 0) is 4.74 Å². The lowest BCUT2D eigenvalue weighted by atomic mass is 9.91. The summed E-state index contributed by atoms with van der Waals surface area (Å²) in [7, 11) is 1.59. The van der Waals surface area contributed by atoms with E-state index in [4.69, 9.17) is 14.2 Å². The molecule has 1 aromatic rings. The van der Waals surface area contributed by atoms with E-state index in [9.17, 15) is 9.90 Å². The van der Waals surface area contributed by atoms with Crippen LogP contribution in [0, 0.1) is 0 Å². The molecule has 0 saturated carbocycles. The number of benzene rings is 1. The molecule has 2 fully saturated rings. The molecule has 2 heterocycles. The van der Waals surface area contributed by atoms with Crippen LogP contribution in [0.5, 0.6) is 11.5 Å². The van der Waals surface area contributed by atoms with Crippen molar-refractivity contribution in [3.8, 4) is 11.5 Å². The Balaban J connectivity index is 0.00000261. The molecule has 0 aliphatic carbocycles. The monoisotopic (exact) mass is 400 g/mol. The number of likely N-dealkylation sites (N-methyl/N-ethyl adjacent to an activating group) is 1. The maximum Gasteiger partial charge on any atom is 0.410 e. The minimum absolute atomic E-state index is 0. The fourth-order valence-electron chi connectivity index (χ4n) is 3.61. The Labute approximate surface area is 166 Å². The molecule has 7 nitrogen and oxygen atoms in total. The number of para-hydroxylation sites is 2. The third-order valence-electron chi connectivity index (χ3n) is 5.16. The van der Waals surface area contributed by atoms with Gasteiger partial charge in [0, 0.05) is 39.0 Å². The van der Waals surface area contributed by atoms with Gasteiger partial charge in [-0.15, -0.1) is 12.4 Å². The van der Waals surface area contributed by atoms with E-state index < -0.39 is 6.10 Å². The molecule has 1 atom stereocenters. The van der Waals surface area contributed by atoms with Gasteiger partial charge in [0.1, 0.15) is 18.3 Å². The highest BCUT2D eigenvalue weighted by molar-refractivity contribution is 5.85. The number of amides is 1. The number of carbonyl (C=O) groups is 1. The van der Waals surface area contributed by atoms with Crippen molar-refractivity contribution in [1.82, 2.24) is 9.80 Å². The van der Waals surface area contributed by atoms with Gasteiger partial charge in [-0.1, -0.05) is 12.1 Å². The van der Waals surface area contributed by atoms with E-state index in [1.807, 2.05) is 31.2 Å². The second kappa shape index (κ2) is 9.48. The zero-order chi connectivity index (χ0) is 18.6. The number of carbonyl (C=O) groups excluding carboxylic acids is 1. The lowest BCUT2D eigenvalue weighted by Crippen LogP contribution is -2.49. The maximum absolute atomic E-state index is 11.8. The summed E-state index contributed by atoms with van der Waals surface area (Å²) in [6.07, 6.45) is 0.809. The van der Waals surface area contributed by atoms with E-state index >= 15 is 0 Å². The van der Waals surface area contributed by atoms with Crippen LogP contribution in [0.4, 0.5) is 4.79 Å². The van der Waals surface area contributed by atoms with E-state index in [0.29, 0.717) is 31.1 Å². The zero-order valence-corrected chi connectivity index (χ0v) is 16.7. The van der Waals surface area contributed by atoms with Gasteiger partial charge >= 0.3 is 6.09 Å². The van der Waals surface area contributed by atoms with Crippen LogP contribution in [0.1, 0.15) is 19.8 Å². The van der Waals surface area contributed by atoms with Gasteiger partial charge < -0.3 is 29.1 Å². The van der Waals surface area contributed by atoms with E-state index in [1.165, 1.54) is 0 Å². The zero-order valence-electron chi connectivity index (χ0n) is 15.9. The first-order valence-electron chi connectivity index (χ1n) is 9.19. The quantitative estimate of drug-likeness (QED) is 0.756. The van der Waals surface area contributed by atoms with Crippen molar-refractivity contribution < 1.29 is 24.1 Å². The summed E-state index contributed by atoms with van der Waals surface area (Å²) in [5, 5.41) is 10.3. The number of piperidine rings is 1. The molecular formula is C19H29ClN2O5. The topological polar surface area (TPSA) is 71.5 Å². The Morgan fingerprint density at radius 1 is 1.26 bits per heavy atom. The maximum atomic E-state index is 11.8.